The molecule has 1 aromatic rings. The van der Waals surface area contributed by atoms with Crippen LogP contribution in [0.3, 0.4) is 0 Å². The van der Waals surface area contributed by atoms with Crippen molar-refractivity contribution in [1.29, 1.82) is 0 Å². The SMILES string of the molecule is CC(O)CCNC1CCOc2ccccc21. The average molecular weight is 221 g/mol. The standard InChI is InChI=1S/C13H19NO2/c1-10(15)6-8-14-12-7-9-16-13-5-3-2-4-11(12)13/h2-5,10,12,14-15H,6-9H2,1H3. The minimum atomic E-state index is -0.234. The lowest BCUT2D eigenvalue weighted by Crippen LogP contribution is -2.29. The summed E-state index contributed by atoms with van der Waals surface area (Å²) in [4.78, 5) is 0. The van der Waals surface area contributed by atoms with Crippen LogP contribution in [0.15, 0.2) is 24.3 Å². The fraction of sp³-hybridized carbons (Fsp3) is 0.538. The van der Waals surface area contributed by atoms with E-state index >= 15 is 0 Å². The molecule has 1 aromatic carbocycles. The lowest BCUT2D eigenvalue weighted by atomic mass is 10.0. The Morgan fingerprint density at radius 3 is 3.12 bits per heavy atom. The molecule has 3 nitrogen and oxygen atoms in total. The highest BCUT2D eigenvalue weighted by Gasteiger charge is 2.19. The van der Waals surface area contributed by atoms with Crippen LogP contribution in [0.2, 0.25) is 0 Å². The molecule has 1 aliphatic rings. The Balaban J connectivity index is 1.96. The van der Waals surface area contributed by atoms with Gasteiger partial charge in [0.1, 0.15) is 5.75 Å². The maximum Gasteiger partial charge on any atom is 0.124 e. The van der Waals surface area contributed by atoms with E-state index in [-0.39, 0.29) is 6.10 Å². The third-order valence-electron chi connectivity index (χ3n) is 2.91. The summed E-state index contributed by atoms with van der Waals surface area (Å²) in [5, 5.41) is 12.7. The van der Waals surface area contributed by atoms with Gasteiger partial charge in [0.05, 0.1) is 12.7 Å². The van der Waals surface area contributed by atoms with Gasteiger partial charge in [0, 0.05) is 18.0 Å². The van der Waals surface area contributed by atoms with Crippen molar-refractivity contribution in [2.45, 2.75) is 31.9 Å². The Morgan fingerprint density at radius 2 is 2.31 bits per heavy atom. The molecule has 0 saturated heterocycles. The van der Waals surface area contributed by atoms with Crippen LogP contribution in [0, 0.1) is 0 Å². The Morgan fingerprint density at radius 1 is 1.50 bits per heavy atom. The molecule has 2 rings (SSSR count). The van der Waals surface area contributed by atoms with Crippen LogP contribution >= 0.6 is 0 Å². The van der Waals surface area contributed by atoms with Gasteiger partial charge in [0.2, 0.25) is 0 Å². The van der Waals surface area contributed by atoms with Crippen molar-refractivity contribution in [2.24, 2.45) is 0 Å². The molecule has 0 amide bonds. The van der Waals surface area contributed by atoms with Gasteiger partial charge in [-0.3, -0.25) is 0 Å². The van der Waals surface area contributed by atoms with Crippen LogP contribution in [0.4, 0.5) is 0 Å². The predicted molar refractivity (Wildman–Crippen MR) is 63.6 cm³/mol. The summed E-state index contributed by atoms with van der Waals surface area (Å²) in [5.74, 6) is 0.989. The normalized spacial score (nSPS) is 21.0. The van der Waals surface area contributed by atoms with E-state index in [0.717, 1.165) is 31.7 Å². The molecule has 16 heavy (non-hydrogen) atoms. The summed E-state index contributed by atoms with van der Waals surface area (Å²) in [7, 11) is 0. The fourth-order valence-corrected chi connectivity index (χ4v) is 2.02. The first kappa shape index (κ1) is 11.4. The summed E-state index contributed by atoms with van der Waals surface area (Å²) in [6, 6.07) is 8.52. The third kappa shape index (κ3) is 2.74. The lowest BCUT2D eigenvalue weighted by molar-refractivity contribution is 0.179. The summed E-state index contributed by atoms with van der Waals surface area (Å²) in [5.41, 5.74) is 1.24. The van der Waals surface area contributed by atoms with Crippen molar-refractivity contribution < 1.29 is 9.84 Å². The largest absolute Gasteiger partial charge is 0.493 e. The van der Waals surface area contributed by atoms with Crippen molar-refractivity contribution in [3.8, 4) is 5.75 Å². The van der Waals surface area contributed by atoms with Crippen LogP contribution in [0.1, 0.15) is 31.4 Å². The Bertz CT molecular complexity index is 338. The van der Waals surface area contributed by atoms with Crippen LogP contribution in [0.5, 0.6) is 5.75 Å². The molecule has 0 bridgehead atoms. The highest BCUT2D eigenvalue weighted by molar-refractivity contribution is 5.37. The van der Waals surface area contributed by atoms with E-state index < -0.39 is 0 Å². The van der Waals surface area contributed by atoms with Gasteiger partial charge in [-0.1, -0.05) is 18.2 Å². The molecule has 0 saturated carbocycles. The van der Waals surface area contributed by atoms with Gasteiger partial charge in [-0.05, 0) is 26.0 Å². The second kappa shape index (κ2) is 5.32. The van der Waals surface area contributed by atoms with E-state index in [9.17, 15) is 5.11 Å². The number of hydrogen-bond acceptors (Lipinski definition) is 3. The summed E-state index contributed by atoms with van der Waals surface area (Å²) >= 11 is 0. The van der Waals surface area contributed by atoms with E-state index in [4.69, 9.17) is 4.74 Å². The zero-order chi connectivity index (χ0) is 11.4. The highest BCUT2D eigenvalue weighted by Crippen LogP contribution is 2.31. The topological polar surface area (TPSA) is 41.5 Å². The maximum absolute atomic E-state index is 9.21. The fourth-order valence-electron chi connectivity index (χ4n) is 2.02. The second-order valence-electron chi connectivity index (χ2n) is 4.32. The van der Waals surface area contributed by atoms with Crippen molar-refractivity contribution >= 4 is 0 Å². The molecule has 2 N–H and O–H groups in total. The molecule has 1 heterocycles. The van der Waals surface area contributed by atoms with E-state index in [2.05, 4.69) is 11.4 Å². The molecule has 0 radical (unpaired) electrons. The summed E-state index contributed by atoms with van der Waals surface area (Å²) in [6.07, 6.45) is 1.55. The highest BCUT2D eigenvalue weighted by atomic mass is 16.5. The molecule has 2 atom stereocenters. The molecular formula is C13H19NO2. The Kier molecular flexibility index (Phi) is 3.80. The molecule has 88 valence electrons. The molecule has 1 aliphatic heterocycles. The molecule has 0 aromatic heterocycles. The van der Waals surface area contributed by atoms with E-state index in [1.807, 2.05) is 25.1 Å². The van der Waals surface area contributed by atoms with Crippen molar-refractivity contribution in [3.63, 3.8) is 0 Å². The molecule has 0 fully saturated rings. The van der Waals surface area contributed by atoms with Gasteiger partial charge in [0.15, 0.2) is 0 Å². The van der Waals surface area contributed by atoms with Crippen molar-refractivity contribution in [1.82, 2.24) is 5.32 Å². The average Bonchev–Trinajstić information content (AvgIpc) is 2.29. The first-order valence-corrected chi connectivity index (χ1v) is 5.90. The molecule has 3 heteroatoms. The number of aliphatic hydroxyl groups is 1. The first-order chi connectivity index (χ1) is 7.77. The molecule has 0 aliphatic carbocycles. The number of nitrogens with one attached hydrogen (secondary N) is 1. The van der Waals surface area contributed by atoms with Crippen LogP contribution in [0.25, 0.3) is 0 Å². The van der Waals surface area contributed by atoms with E-state index in [1.54, 1.807) is 0 Å². The van der Waals surface area contributed by atoms with Crippen molar-refractivity contribution in [2.75, 3.05) is 13.2 Å². The third-order valence-corrected chi connectivity index (χ3v) is 2.91. The number of hydrogen-bond donors (Lipinski definition) is 2. The summed E-state index contributed by atoms with van der Waals surface area (Å²) < 4.78 is 5.59. The van der Waals surface area contributed by atoms with E-state index in [1.165, 1.54) is 5.56 Å². The van der Waals surface area contributed by atoms with E-state index in [0.29, 0.717) is 6.04 Å². The monoisotopic (exact) mass is 221 g/mol. The van der Waals surface area contributed by atoms with Gasteiger partial charge in [0.25, 0.3) is 0 Å². The molecule has 0 spiro atoms. The number of aliphatic hydroxyl groups excluding tert-OH is 1. The lowest BCUT2D eigenvalue weighted by Gasteiger charge is -2.26. The van der Waals surface area contributed by atoms with Gasteiger partial charge < -0.3 is 15.2 Å². The zero-order valence-corrected chi connectivity index (χ0v) is 9.65. The zero-order valence-electron chi connectivity index (χ0n) is 9.65. The van der Waals surface area contributed by atoms with Gasteiger partial charge >= 0.3 is 0 Å². The maximum atomic E-state index is 9.21. The molecule has 2 unspecified atom stereocenters. The van der Waals surface area contributed by atoms with Crippen LogP contribution < -0.4 is 10.1 Å². The number of ether oxygens (including phenoxy) is 1. The number of rotatable bonds is 4. The first-order valence-electron chi connectivity index (χ1n) is 5.90. The minimum Gasteiger partial charge on any atom is -0.493 e. The van der Waals surface area contributed by atoms with Crippen LogP contribution in [-0.4, -0.2) is 24.4 Å². The summed E-state index contributed by atoms with van der Waals surface area (Å²) in [6.45, 7) is 3.43. The number of para-hydroxylation sites is 1. The second-order valence-corrected chi connectivity index (χ2v) is 4.32. The van der Waals surface area contributed by atoms with Crippen LogP contribution in [-0.2, 0) is 0 Å². The molecular weight excluding hydrogens is 202 g/mol. The minimum absolute atomic E-state index is 0.234. The predicted octanol–water partition coefficient (Wildman–Crippen LogP) is 1.87. The smallest absolute Gasteiger partial charge is 0.124 e. The quantitative estimate of drug-likeness (QED) is 0.815. The number of benzene rings is 1. The van der Waals surface area contributed by atoms with Gasteiger partial charge in [-0.25, -0.2) is 0 Å². The van der Waals surface area contributed by atoms with Crippen molar-refractivity contribution in [3.05, 3.63) is 29.8 Å². The van der Waals surface area contributed by atoms with Gasteiger partial charge in [-0.2, -0.15) is 0 Å². The number of fused-ring (bicyclic) bond motifs is 1. The van der Waals surface area contributed by atoms with Gasteiger partial charge in [-0.15, -0.1) is 0 Å². The Hall–Kier alpha value is -1.06. The Labute approximate surface area is 96.4 Å².